The summed E-state index contributed by atoms with van der Waals surface area (Å²) in [7, 11) is 0. The number of imide groups is 1. The summed E-state index contributed by atoms with van der Waals surface area (Å²) < 4.78 is 5.50. The highest BCUT2D eigenvalue weighted by atomic mass is 16.3. The van der Waals surface area contributed by atoms with Gasteiger partial charge in [-0.25, -0.2) is 4.79 Å². The van der Waals surface area contributed by atoms with E-state index in [2.05, 4.69) is 5.32 Å². The van der Waals surface area contributed by atoms with Crippen LogP contribution in [0, 0.1) is 13.8 Å². The van der Waals surface area contributed by atoms with Crippen molar-refractivity contribution in [3.05, 3.63) is 58.5 Å². The van der Waals surface area contributed by atoms with Crippen LogP contribution in [0.4, 0.5) is 4.79 Å². The van der Waals surface area contributed by atoms with E-state index in [0.29, 0.717) is 22.6 Å². The predicted molar refractivity (Wildman–Crippen MR) is 89.6 cm³/mol. The van der Waals surface area contributed by atoms with Gasteiger partial charge in [0.15, 0.2) is 0 Å². The Kier molecular flexibility index (Phi) is 3.87. The number of furan rings is 1. The molecule has 0 unspecified atom stereocenters. The molecule has 1 aromatic carbocycles. The average molecular weight is 341 g/mol. The van der Waals surface area contributed by atoms with E-state index in [1.54, 1.807) is 51.1 Å². The lowest BCUT2D eigenvalue weighted by molar-refractivity contribution is -0.131. The minimum Gasteiger partial charge on any atom is -0.466 e. The van der Waals surface area contributed by atoms with Gasteiger partial charge in [-0.3, -0.25) is 14.5 Å². The van der Waals surface area contributed by atoms with Gasteiger partial charge in [0.1, 0.15) is 17.1 Å². The minimum atomic E-state index is -1.16. The fraction of sp³-hybridized carbons (Fsp3) is 0.278. The van der Waals surface area contributed by atoms with Gasteiger partial charge in [-0.1, -0.05) is 12.1 Å². The number of nitrogens with zero attached hydrogens (tertiary/aromatic N) is 1. The van der Waals surface area contributed by atoms with Gasteiger partial charge in [-0.05, 0) is 44.5 Å². The third-order valence-electron chi connectivity index (χ3n) is 4.43. The minimum absolute atomic E-state index is 0.106. The van der Waals surface area contributed by atoms with E-state index in [1.807, 2.05) is 0 Å². The number of rotatable bonds is 4. The first kappa shape index (κ1) is 16.8. The average Bonchev–Trinajstić information content (AvgIpc) is 3.00. The maximum absolute atomic E-state index is 12.9. The second-order valence-electron chi connectivity index (χ2n) is 6.33. The number of nitrogens with one attached hydrogen (secondary N) is 1. The number of hydrogen-bond acceptors (Lipinski definition) is 4. The van der Waals surface area contributed by atoms with Crippen molar-refractivity contribution in [1.29, 1.82) is 0 Å². The molecule has 4 amide bonds. The number of benzene rings is 1. The van der Waals surface area contributed by atoms with E-state index < -0.39 is 17.5 Å². The van der Waals surface area contributed by atoms with Crippen LogP contribution in [0.25, 0.3) is 0 Å². The first-order valence-corrected chi connectivity index (χ1v) is 7.83. The smallest absolute Gasteiger partial charge is 0.325 e. The van der Waals surface area contributed by atoms with Crippen molar-refractivity contribution in [1.82, 2.24) is 10.2 Å². The van der Waals surface area contributed by atoms with Crippen LogP contribution in [0.15, 0.2) is 34.7 Å². The molecule has 1 atom stereocenters. The highest BCUT2D eigenvalue weighted by Gasteiger charge is 2.50. The normalized spacial score (nSPS) is 20.0. The Morgan fingerprint density at radius 3 is 2.40 bits per heavy atom. The molecule has 1 aliphatic heterocycles. The summed E-state index contributed by atoms with van der Waals surface area (Å²) in [5.41, 5.74) is 5.79. The molecular formula is C18H19N3O4. The molecule has 7 nitrogen and oxygen atoms in total. The van der Waals surface area contributed by atoms with Crippen LogP contribution >= 0.6 is 0 Å². The van der Waals surface area contributed by atoms with Crippen molar-refractivity contribution >= 4 is 17.8 Å². The highest BCUT2D eigenvalue weighted by Crippen LogP contribution is 2.33. The molecule has 0 radical (unpaired) electrons. The Bertz CT molecular complexity index is 869. The van der Waals surface area contributed by atoms with Crippen molar-refractivity contribution in [3.8, 4) is 0 Å². The maximum Gasteiger partial charge on any atom is 0.325 e. The molecule has 1 saturated heterocycles. The zero-order valence-electron chi connectivity index (χ0n) is 14.3. The summed E-state index contributed by atoms with van der Waals surface area (Å²) in [6.07, 6.45) is 0. The number of aryl methyl sites for hydroxylation is 2. The molecule has 3 rings (SSSR count). The number of nitrogens with two attached hydrogens (primary N) is 1. The van der Waals surface area contributed by atoms with Gasteiger partial charge in [-0.15, -0.1) is 0 Å². The SMILES string of the molecule is Cc1cc([C@]2(C)NC(=O)N(Cc3ccc(C(N)=O)cc3)C2=O)c(C)o1. The molecular weight excluding hydrogens is 322 g/mol. The van der Waals surface area contributed by atoms with E-state index in [9.17, 15) is 14.4 Å². The third kappa shape index (κ3) is 2.77. The molecule has 3 N–H and O–H groups in total. The van der Waals surface area contributed by atoms with Gasteiger partial charge in [0.2, 0.25) is 5.91 Å². The highest BCUT2D eigenvalue weighted by molar-refractivity contribution is 6.07. The Balaban J connectivity index is 1.86. The van der Waals surface area contributed by atoms with Crippen molar-refractivity contribution in [2.24, 2.45) is 5.73 Å². The van der Waals surface area contributed by atoms with Crippen LogP contribution in [-0.2, 0) is 16.9 Å². The second-order valence-corrected chi connectivity index (χ2v) is 6.33. The quantitative estimate of drug-likeness (QED) is 0.829. The number of carbonyl (C=O) groups is 3. The lowest BCUT2D eigenvalue weighted by Crippen LogP contribution is -2.41. The zero-order chi connectivity index (χ0) is 18.4. The van der Waals surface area contributed by atoms with Gasteiger partial charge in [0.05, 0.1) is 6.54 Å². The summed E-state index contributed by atoms with van der Waals surface area (Å²) in [5, 5.41) is 2.75. The molecule has 1 fully saturated rings. The molecule has 0 saturated carbocycles. The molecule has 0 bridgehead atoms. The molecule has 1 aromatic heterocycles. The van der Waals surface area contributed by atoms with Gasteiger partial charge in [0.25, 0.3) is 5.91 Å². The van der Waals surface area contributed by atoms with Crippen LogP contribution in [0.3, 0.4) is 0 Å². The van der Waals surface area contributed by atoms with E-state index in [4.69, 9.17) is 10.2 Å². The van der Waals surface area contributed by atoms with E-state index in [0.717, 1.165) is 10.5 Å². The van der Waals surface area contributed by atoms with Crippen molar-refractivity contribution < 1.29 is 18.8 Å². The fourth-order valence-corrected chi connectivity index (χ4v) is 3.11. The lowest BCUT2D eigenvalue weighted by Gasteiger charge is -2.21. The van der Waals surface area contributed by atoms with Crippen LogP contribution in [0.1, 0.15) is 39.9 Å². The first-order chi connectivity index (χ1) is 11.7. The van der Waals surface area contributed by atoms with Crippen LogP contribution < -0.4 is 11.1 Å². The molecule has 7 heteroatoms. The van der Waals surface area contributed by atoms with Crippen molar-refractivity contribution in [2.75, 3.05) is 0 Å². The van der Waals surface area contributed by atoms with Gasteiger partial charge >= 0.3 is 6.03 Å². The Hall–Kier alpha value is -3.09. The topological polar surface area (TPSA) is 106 Å². The molecule has 0 aliphatic carbocycles. The number of carbonyl (C=O) groups excluding carboxylic acids is 3. The van der Waals surface area contributed by atoms with E-state index in [-0.39, 0.29) is 12.5 Å². The summed E-state index contributed by atoms with van der Waals surface area (Å²) in [6, 6.07) is 7.77. The standard InChI is InChI=1S/C18H19N3O4/c1-10-8-14(11(2)25-10)18(3)16(23)21(17(24)20-18)9-12-4-6-13(7-5-12)15(19)22/h4-8H,9H2,1-3H3,(H2,19,22)(H,20,24)/t18-/m0/s1. The summed E-state index contributed by atoms with van der Waals surface area (Å²) in [5.74, 6) is 0.401. The Morgan fingerprint density at radius 2 is 1.88 bits per heavy atom. The number of primary amides is 1. The Labute approximate surface area is 144 Å². The van der Waals surface area contributed by atoms with Crippen molar-refractivity contribution in [2.45, 2.75) is 32.9 Å². The monoisotopic (exact) mass is 341 g/mol. The molecule has 1 aliphatic rings. The van der Waals surface area contributed by atoms with Gasteiger partial charge < -0.3 is 15.5 Å². The third-order valence-corrected chi connectivity index (χ3v) is 4.43. The van der Waals surface area contributed by atoms with E-state index in [1.165, 1.54) is 0 Å². The van der Waals surface area contributed by atoms with Crippen LogP contribution in [0.5, 0.6) is 0 Å². The summed E-state index contributed by atoms with van der Waals surface area (Å²) in [4.78, 5) is 37.5. The molecule has 2 heterocycles. The molecule has 25 heavy (non-hydrogen) atoms. The number of hydrogen-bond donors (Lipinski definition) is 2. The van der Waals surface area contributed by atoms with Crippen LogP contribution in [-0.4, -0.2) is 22.7 Å². The predicted octanol–water partition coefficient (Wildman–Crippen LogP) is 1.96. The zero-order valence-corrected chi connectivity index (χ0v) is 14.3. The fourth-order valence-electron chi connectivity index (χ4n) is 3.11. The number of amides is 4. The van der Waals surface area contributed by atoms with Gasteiger partial charge in [0, 0.05) is 11.1 Å². The molecule has 2 aromatic rings. The largest absolute Gasteiger partial charge is 0.466 e. The first-order valence-electron chi connectivity index (χ1n) is 7.83. The number of urea groups is 1. The van der Waals surface area contributed by atoms with E-state index >= 15 is 0 Å². The van der Waals surface area contributed by atoms with Gasteiger partial charge in [-0.2, -0.15) is 0 Å². The summed E-state index contributed by atoms with van der Waals surface area (Å²) >= 11 is 0. The lowest BCUT2D eigenvalue weighted by atomic mass is 9.92. The summed E-state index contributed by atoms with van der Waals surface area (Å²) in [6.45, 7) is 5.33. The second kappa shape index (κ2) is 5.77. The van der Waals surface area contributed by atoms with Crippen LogP contribution in [0.2, 0.25) is 0 Å². The van der Waals surface area contributed by atoms with Crippen molar-refractivity contribution in [3.63, 3.8) is 0 Å². The Morgan fingerprint density at radius 1 is 1.24 bits per heavy atom. The maximum atomic E-state index is 12.9. The molecule has 130 valence electrons. The molecule has 0 spiro atoms.